The highest BCUT2D eigenvalue weighted by atomic mass is 16.6. The predicted octanol–water partition coefficient (Wildman–Crippen LogP) is 19.3. The highest BCUT2D eigenvalue weighted by Crippen LogP contribution is 2.16. The lowest BCUT2D eigenvalue weighted by Crippen LogP contribution is -2.30. The summed E-state index contributed by atoms with van der Waals surface area (Å²) in [7, 11) is 0. The van der Waals surface area contributed by atoms with E-state index in [1.54, 1.807) is 0 Å². The molecule has 0 aromatic rings. The fraction of sp³-hybridized carbons (Fsp3) is 0.698. The van der Waals surface area contributed by atoms with E-state index in [2.05, 4.69) is 118 Å². The molecule has 0 N–H and O–H groups in total. The monoisotopic (exact) mass is 959 g/mol. The molecule has 6 heteroatoms. The quantitative estimate of drug-likeness (QED) is 0.0262. The average Bonchev–Trinajstić information content (AvgIpc) is 3.35. The summed E-state index contributed by atoms with van der Waals surface area (Å²) in [4.78, 5) is 38.1. The van der Waals surface area contributed by atoms with Crippen LogP contribution >= 0.6 is 0 Å². The first-order valence-electron chi connectivity index (χ1n) is 28.7. The van der Waals surface area contributed by atoms with Gasteiger partial charge in [-0.1, -0.05) is 253 Å². The third kappa shape index (κ3) is 55.1. The van der Waals surface area contributed by atoms with Crippen molar-refractivity contribution in [2.75, 3.05) is 13.2 Å². The number of unbranched alkanes of at least 4 members (excludes halogenated alkanes) is 24. The van der Waals surface area contributed by atoms with E-state index in [1.165, 1.54) is 109 Å². The van der Waals surface area contributed by atoms with Crippen LogP contribution in [0.1, 0.15) is 265 Å². The summed E-state index contributed by atoms with van der Waals surface area (Å²) in [5.74, 6) is -0.966. The number of hydrogen-bond donors (Lipinski definition) is 0. The number of carbonyl (C=O) groups is 3. The van der Waals surface area contributed by atoms with Crippen molar-refractivity contribution >= 4 is 17.9 Å². The van der Waals surface area contributed by atoms with Gasteiger partial charge in [-0.15, -0.1) is 0 Å². The molecule has 0 aromatic carbocycles. The third-order valence-electron chi connectivity index (χ3n) is 12.1. The van der Waals surface area contributed by atoms with Gasteiger partial charge in [0.25, 0.3) is 0 Å². The molecule has 0 aliphatic rings. The summed E-state index contributed by atoms with van der Waals surface area (Å²) >= 11 is 0. The van der Waals surface area contributed by atoms with Gasteiger partial charge in [0.2, 0.25) is 0 Å². The van der Waals surface area contributed by atoms with Gasteiger partial charge in [-0.25, -0.2) is 0 Å². The van der Waals surface area contributed by atoms with Crippen molar-refractivity contribution in [1.82, 2.24) is 0 Å². The van der Waals surface area contributed by atoms with Crippen LogP contribution in [0.5, 0.6) is 0 Å². The number of allylic oxidation sites excluding steroid dienone is 16. The molecule has 0 radical (unpaired) electrons. The first-order chi connectivity index (χ1) is 34.0. The van der Waals surface area contributed by atoms with Crippen LogP contribution in [0.4, 0.5) is 0 Å². The van der Waals surface area contributed by atoms with Gasteiger partial charge >= 0.3 is 17.9 Å². The van der Waals surface area contributed by atoms with Crippen molar-refractivity contribution < 1.29 is 28.6 Å². The van der Waals surface area contributed by atoms with Crippen molar-refractivity contribution in [3.63, 3.8) is 0 Å². The summed E-state index contributed by atoms with van der Waals surface area (Å²) in [6.45, 7) is 6.42. The number of carbonyl (C=O) groups excluding carboxylic acids is 3. The van der Waals surface area contributed by atoms with Crippen molar-refractivity contribution in [2.45, 2.75) is 271 Å². The van der Waals surface area contributed by atoms with Crippen LogP contribution < -0.4 is 0 Å². The highest BCUT2D eigenvalue weighted by Gasteiger charge is 2.19. The number of rotatable bonds is 51. The fourth-order valence-corrected chi connectivity index (χ4v) is 7.79. The largest absolute Gasteiger partial charge is 0.462 e. The minimum atomic E-state index is -0.803. The molecule has 0 bridgehead atoms. The Labute approximate surface area is 426 Å². The van der Waals surface area contributed by atoms with Gasteiger partial charge in [-0.05, 0) is 89.9 Å². The van der Waals surface area contributed by atoms with Crippen LogP contribution in [-0.2, 0) is 28.6 Å². The van der Waals surface area contributed by atoms with Gasteiger partial charge in [0.1, 0.15) is 13.2 Å². The van der Waals surface area contributed by atoms with E-state index in [0.29, 0.717) is 19.3 Å². The predicted molar refractivity (Wildman–Crippen MR) is 297 cm³/mol. The van der Waals surface area contributed by atoms with E-state index in [-0.39, 0.29) is 37.5 Å². The maximum atomic E-state index is 12.8. The van der Waals surface area contributed by atoms with Crippen molar-refractivity contribution in [3.05, 3.63) is 97.2 Å². The Hall–Kier alpha value is -3.67. The molecule has 0 heterocycles. The summed E-state index contributed by atoms with van der Waals surface area (Å²) < 4.78 is 16.8. The second-order valence-electron chi connectivity index (χ2n) is 18.8. The Morgan fingerprint density at radius 3 is 1.01 bits per heavy atom. The summed E-state index contributed by atoms with van der Waals surface area (Å²) in [5.41, 5.74) is 0. The van der Waals surface area contributed by atoms with Crippen LogP contribution in [0.2, 0.25) is 0 Å². The molecule has 0 aliphatic heterocycles. The zero-order chi connectivity index (χ0) is 50.0. The fourth-order valence-electron chi connectivity index (χ4n) is 7.79. The van der Waals surface area contributed by atoms with Gasteiger partial charge in [0.05, 0.1) is 0 Å². The van der Waals surface area contributed by atoms with Crippen LogP contribution in [0.3, 0.4) is 0 Å². The Balaban J connectivity index is 4.40. The Morgan fingerprint density at radius 2 is 0.609 bits per heavy atom. The van der Waals surface area contributed by atoms with Crippen LogP contribution in [0, 0.1) is 0 Å². The molecule has 1 unspecified atom stereocenters. The van der Waals surface area contributed by atoms with Gasteiger partial charge in [0, 0.05) is 19.3 Å². The molecular weight excluding hydrogens is 853 g/mol. The molecule has 0 amide bonds. The molecule has 0 aromatic heterocycles. The van der Waals surface area contributed by atoms with Crippen LogP contribution in [0.25, 0.3) is 0 Å². The molecule has 0 saturated carbocycles. The Kier molecular flexibility index (Phi) is 53.9. The Bertz CT molecular complexity index is 1380. The molecule has 0 spiro atoms. The summed E-state index contributed by atoms with van der Waals surface area (Å²) in [5, 5.41) is 0. The second-order valence-corrected chi connectivity index (χ2v) is 18.8. The molecule has 1 atom stereocenters. The van der Waals surface area contributed by atoms with E-state index in [0.717, 1.165) is 109 Å². The third-order valence-corrected chi connectivity index (χ3v) is 12.1. The number of esters is 3. The molecule has 69 heavy (non-hydrogen) atoms. The molecule has 394 valence electrons. The average molecular weight is 960 g/mol. The van der Waals surface area contributed by atoms with Gasteiger partial charge < -0.3 is 14.2 Å². The van der Waals surface area contributed by atoms with Gasteiger partial charge in [0.15, 0.2) is 6.10 Å². The molecular formula is C63H106O6. The zero-order valence-corrected chi connectivity index (χ0v) is 45.0. The number of ether oxygens (including phenoxy) is 3. The maximum Gasteiger partial charge on any atom is 0.306 e. The van der Waals surface area contributed by atoms with E-state index < -0.39 is 6.10 Å². The first kappa shape index (κ1) is 65.3. The minimum Gasteiger partial charge on any atom is -0.462 e. The standard InChI is InChI=1S/C63H106O6/c1-4-7-10-13-16-19-22-24-26-28-30-31-32-33-34-36-37-39-41-44-47-50-53-56-62(65)68-59-60(58-67-61(64)55-52-49-46-43-21-18-15-12-9-6-3)69-63(66)57-54-51-48-45-42-40-38-35-29-27-25-23-20-17-14-11-8-5-2/h7,10,12,15-16,19,24,26,30-31,33-34,37,39,44,47,60H,4-6,8-9,11,13-14,17-18,20-23,25,27-29,32,35-36,38,40-43,45-46,48-59H2,1-3H3/b10-7-,15-12-,19-16-,26-24-,31-30-,34-33-,39-37-,47-44-. The molecule has 0 rings (SSSR count). The smallest absolute Gasteiger partial charge is 0.306 e. The summed E-state index contributed by atoms with van der Waals surface area (Å²) in [6.07, 6.45) is 75.5. The lowest BCUT2D eigenvalue weighted by atomic mass is 10.0. The van der Waals surface area contributed by atoms with E-state index in [4.69, 9.17) is 14.2 Å². The number of hydrogen-bond acceptors (Lipinski definition) is 6. The topological polar surface area (TPSA) is 78.9 Å². The molecule has 0 aliphatic carbocycles. The van der Waals surface area contributed by atoms with E-state index in [9.17, 15) is 14.4 Å². The lowest BCUT2D eigenvalue weighted by Gasteiger charge is -2.18. The second kappa shape index (κ2) is 56.9. The van der Waals surface area contributed by atoms with Crippen molar-refractivity contribution in [2.24, 2.45) is 0 Å². The minimum absolute atomic E-state index is 0.0988. The van der Waals surface area contributed by atoms with Gasteiger partial charge in [-0.3, -0.25) is 14.4 Å². The van der Waals surface area contributed by atoms with Crippen molar-refractivity contribution in [3.8, 4) is 0 Å². The highest BCUT2D eigenvalue weighted by molar-refractivity contribution is 5.71. The molecule has 0 fully saturated rings. The SMILES string of the molecule is CC/C=C\C/C=C\C/C=C\C/C=C\C/C=C\C/C=C\C/C=C\CCCC(=O)OCC(COC(=O)CCCCCCC/C=C\CCC)OC(=O)CCCCCCCCCCCCCCCCCCCC. The molecule has 6 nitrogen and oxygen atoms in total. The molecule has 0 saturated heterocycles. The zero-order valence-electron chi connectivity index (χ0n) is 45.0. The van der Waals surface area contributed by atoms with Crippen LogP contribution in [-0.4, -0.2) is 37.2 Å². The maximum absolute atomic E-state index is 12.8. The lowest BCUT2D eigenvalue weighted by molar-refractivity contribution is -0.167. The summed E-state index contributed by atoms with van der Waals surface area (Å²) in [6, 6.07) is 0. The first-order valence-corrected chi connectivity index (χ1v) is 28.7. The van der Waals surface area contributed by atoms with E-state index in [1.807, 2.05) is 0 Å². The Morgan fingerprint density at radius 1 is 0.304 bits per heavy atom. The van der Waals surface area contributed by atoms with Crippen molar-refractivity contribution in [1.29, 1.82) is 0 Å². The van der Waals surface area contributed by atoms with Gasteiger partial charge in [-0.2, -0.15) is 0 Å². The van der Waals surface area contributed by atoms with E-state index >= 15 is 0 Å². The van der Waals surface area contributed by atoms with Crippen LogP contribution in [0.15, 0.2) is 97.2 Å². The normalized spacial score (nSPS) is 12.8.